The minimum atomic E-state index is -0.138. The highest BCUT2D eigenvalue weighted by Crippen LogP contribution is 2.31. The maximum Gasteiger partial charge on any atom is 0.206 e. The highest BCUT2D eigenvalue weighted by atomic mass is 19.1. The Morgan fingerprint density at radius 2 is 1.69 bits per heavy atom. The van der Waals surface area contributed by atoms with Gasteiger partial charge in [0.1, 0.15) is 5.82 Å². The van der Waals surface area contributed by atoms with Gasteiger partial charge in [-0.3, -0.25) is 0 Å². The number of aryl methyl sites for hydroxylation is 3. The van der Waals surface area contributed by atoms with Crippen LogP contribution in [0.5, 0.6) is 0 Å². The molecule has 2 heterocycles. The Kier molecular flexibility index (Phi) is 5.32. The quantitative estimate of drug-likeness (QED) is 0.710. The first-order chi connectivity index (χ1) is 13.9. The van der Waals surface area contributed by atoms with Gasteiger partial charge in [0.2, 0.25) is 5.95 Å². The number of halogens is 1. The third-order valence-electron chi connectivity index (χ3n) is 6.06. The number of aliphatic hydroxyl groups is 1. The number of imidazole rings is 1. The fourth-order valence-electron chi connectivity index (χ4n) is 4.32. The topological polar surface area (TPSA) is 53.3 Å². The summed E-state index contributed by atoms with van der Waals surface area (Å²) in [5.41, 5.74) is 7.38. The molecule has 3 aromatic rings. The fraction of sp³-hybridized carbons (Fsp3) is 0.435. The number of hydrogen-bond acceptors (Lipinski definition) is 4. The summed E-state index contributed by atoms with van der Waals surface area (Å²) in [4.78, 5) is 7.29. The number of aromatic nitrogens is 2. The molecule has 1 fully saturated rings. The van der Waals surface area contributed by atoms with Crippen LogP contribution in [0, 0.1) is 33.5 Å². The molecule has 0 radical (unpaired) electrons. The van der Waals surface area contributed by atoms with Gasteiger partial charge in [0.25, 0.3) is 0 Å². The van der Waals surface area contributed by atoms with Gasteiger partial charge in [0.05, 0.1) is 24.2 Å². The van der Waals surface area contributed by atoms with E-state index in [4.69, 9.17) is 4.98 Å². The number of anilines is 1. The van der Waals surface area contributed by atoms with Gasteiger partial charge in [-0.2, -0.15) is 0 Å². The van der Waals surface area contributed by atoms with Crippen molar-refractivity contribution < 1.29 is 9.50 Å². The number of nitrogens with one attached hydrogen (secondary N) is 1. The van der Waals surface area contributed by atoms with Crippen molar-refractivity contribution in [3.8, 4) is 0 Å². The lowest BCUT2D eigenvalue weighted by atomic mass is 10.0. The van der Waals surface area contributed by atoms with Gasteiger partial charge in [0, 0.05) is 31.7 Å². The predicted molar refractivity (Wildman–Crippen MR) is 115 cm³/mol. The summed E-state index contributed by atoms with van der Waals surface area (Å²) in [6.45, 7) is 11.9. The molecule has 1 saturated heterocycles. The largest absolute Gasteiger partial charge is 0.392 e. The third kappa shape index (κ3) is 3.51. The molecule has 29 heavy (non-hydrogen) atoms. The number of fused-ring (bicyclic) bond motifs is 1. The van der Waals surface area contributed by atoms with E-state index >= 15 is 0 Å². The summed E-state index contributed by atoms with van der Waals surface area (Å²) < 4.78 is 16.4. The minimum Gasteiger partial charge on any atom is -0.392 e. The van der Waals surface area contributed by atoms with E-state index in [1.54, 1.807) is 0 Å². The van der Waals surface area contributed by atoms with Gasteiger partial charge in [-0.15, -0.1) is 0 Å². The molecule has 5 nitrogen and oxygen atoms in total. The lowest BCUT2D eigenvalue weighted by Crippen LogP contribution is -2.44. The Bertz CT molecular complexity index is 1040. The highest BCUT2D eigenvalue weighted by molar-refractivity contribution is 5.84. The number of hydrogen-bond donors (Lipinski definition) is 2. The molecule has 0 saturated carbocycles. The smallest absolute Gasteiger partial charge is 0.206 e. The van der Waals surface area contributed by atoms with E-state index in [1.165, 1.54) is 0 Å². The SMILES string of the molecule is Cc1cc2c(nc(N3CCNCC3)n2Cc2cc(C)c(F)c(C)c2)c(CO)c1C. The molecule has 6 heteroatoms. The zero-order valence-corrected chi connectivity index (χ0v) is 17.6. The molecule has 0 spiro atoms. The molecule has 0 unspecified atom stereocenters. The Morgan fingerprint density at radius 1 is 1.03 bits per heavy atom. The molecular formula is C23H29FN4O. The Balaban J connectivity index is 1.91. The third-order valence-corrected chi connectivity index (χ3v) is 6.06. The summed E-state index contributed by atoms with van der Waals surface area (Å²) in [7, 11) is 0. The van der Waals surface area contributed by atoms with Gasteiger partial charge < -0.3 is 19.9 Å². The Hall–Kier alpha value is -2.44. The van der Waals surface area contributed by atoms with Crippen LogP contribution in [-0.2, 0) is 13.2 Å². The number of benzene rings is 2. The first-order valence-electron chi connectivity index (χ1n) is 10.2. The van der Waals surface area contributed by atoms with Gasteiger partial charge in [-0.1, -0.05) is 12.1 Å². The maximum absolute atomic E-state index is 14.1. The second-order valence-corrected chi connectivity index (χ2v) is 8.10. The van der Waals surface area contributed by atoms with E-state index in [9.17, 15) is 9.50 Å². The minimum absolute atomic E-state index is 0.0310. The molecule has 1 aliphatic rings. The van der Waals surface area contributed by atoms with Crippen molar-refractivity contribution in [2.24, 2.45) is 0 Å². The van der Waals surface area contributed by atoms with E-state index in [1.807, 2.05) is 32.9 Å². The van der Waals surface area contributed by atoms with E-state index in [0.29, 0.717) is 17.7 Å². The first-order valence-corrected chi connectivity index (χ1v) is 10.2. The summed E-state index contributed by atoms with van der Waals surface area (Å²) >= 11 is 0. The van der Waals surface area contributed by atoms with Crippen LogP contribution >= 0.6 is 0 Å². The number of piperazine rings is 1. The van der Waals surface area contributed by atoms with Crippen LogP contribution < -0.4 is 10.2 Å². The zero-order valence-electron chi connectivity index (χ0n) is 17.6. The van der Waals surface area contributed by atoms with Crippen molar-refractivity contribution in [3.63, 3.8) is 0 Å². The molecular weight excluding hydrogens is 367 g/mol. The number of aliphatic hydroxyl groups excluding tert-OH is 1. The molecule has 0 aliphatic carbocycles. The van der Waals surface area contributed by atoms with E-state index in [-0.39, 0.29) is 12.4 Å². The van der Waals surface area contributed by atoms with Crippen molar-refractivity contribution in [3.05, 3.63) is 57.4 Å². The van der Waals surface area contributed by atoms with Crippen molar-refractivity contribution in [2.75, 3.05) is 31.1 Å². The van der Waals surface area contributed by atoms with Crippen molar-refractivity contribution in [1.29, 1.82) is 0 Å². The second-order valence-electron chi connectivity index (χ2n) is 8.10. The van der Waals surface area contributed by atoms with Crippen molar-refractivity contribution in [1.82, 2.24) is 14.9 Å². The molecule has 2 N–H and O–H groups in total. The molecule has 0 amide bonds. The molecule has 1 aromatic heterocycles. The van der Waals surface area contributed by atoms with Crippen LogP contribution in [0.1, 0.15) is 33.4 Å². The summed E-state index contributed by atoms with van der Waals surface area (Å²) in [5, 5.41) is 13.4. The Morgan fingerprint density at radius 3 is 2.31 bits per heavy atom. The summed E-state index contributed by atoms with van der Waals surface area (Å²) in [6.07, 6.45) is 0. The van der Waals surface area contributed by atoms with Crippen LogP contribution in [0.3, 0.4) is 0 Å². The monoisotopic (exact) mass is 396 g/mol. The fourth-order valence-corrected chi connectivity index (χ4v) is 4.32. The molecule has 0 atom stereocenters. The van der Waals surface area contributed by atoms with Crippen molar-refractivity contribution >= 4 is 17.0 Å². The van der Waals surface area contributed by atoms with E-state index in [2.05, 4.69) is 27.8 Å². The lowest BCUT2D eigenvalue weighted by molar-refractivity contribution is 0.282. The zero-order chi connectivity index (χ0) is 20.7. The molecule has 2 aromatic carbocycles. The van der Waals surface area contributed by atoms with Gasteiger partial charge in [-0.05, 0) is 61.6 Å². The van der Waals surface area contributed by atoms with Gasteiger partial charge in [0.15, 0.2) is 0 Å². The van der Waals surface area contributed by atoms with E-state index < -0.39 is 0 Å². The van der Waals surface area contributed by atoms with E-state index in [0.717, 1.165) is 65.4 Å². The van der Waals surface area contributed by atoms with Gasteiger partial charge >= 0.3 is 0 Å². The lowest BCUT2D eigenvalue weighted by Gasteiger charge is -2.29. The number of rotatable bonds is 4. The van der Waals surface area contributed by atoms with Crippen LogP contribution in [0.2, 0.25) is 0 Å². The second kappa shape index (κ2) is 7.76. The van der Waals surface area contributed by atoms with Crippen LogP contribution in [0.4, 0.5) is 10.3 Å². The van der Waals surface area contributed by atoms with Crippen LogP contribution in [-0.4, -0.2) is 40.8 Å². The molecule has 1 aliphatic heterocycles. The first kappa shape index (κ1) is 19.9. The number of nitrogens with zero attached hydrogens (tertiary/aromatic N) is 3. The summed E-state index contributed by atoms with van der Waals surface area (Å²) in [6, 6.07) is 6.00. The molecule has 0 bridgehead atoms. The maximum atomic E-state index is 14.1. The normalized spacial score (nSPS) is 14.8. The average molecular weight is 397 g/mol. The Labute approximate surface area is 171 Å². The highest BCUT2D eigenvalue weighted by Gasteiger charge is 2.22. The van der Waals surface area contributed by atoms with Crippen molar-refractivity contribution in [2.45, 2.75) is 40.8 Å². The average Bonchev–Trinajstić information content (AvgIpc) is 3.05. The molecule has 154 valence electrons. The van der Waals surface area contributed by atoms with Gasteiger partial charge in [-0.25, -0.2) is 9.37 Å². The van der Waals surface area contributed by atoms with Crippen LogP contribution in [0.15, 0.2) is 18.2 Å². The summed E-state index contributed by atoms with van der Waals surface area (Å²) in [5.74, 6) is 0.779. The standard InChI is InChI=1S/C23H29FN4O/c1-14-11-20-22(19(13-29)17(14)4)26-23(27-7-5-25-6-8-27)28(20)12-18-9-15(2)21(24)16(3)10-18/h9-11,25,29H,5-8,12-13H2,1-4H3. The predicted octanol–water partition coefficient (Wildman–Crippen LogP) is 3.36. The molecule has 4 rings (SSSR count). The van der Waals surface area contributed by atoms with Crippen LogP contribution in [0.25, 0.3) is 11.0 Å².